The number of nitrogens with zero attached hydrogens (tertiary/aromatic N) is 4. The number of benzene rings is 1. The lowest BCUT2D eigenvalue weighted by Gasteiger charge is -2.40. The Morgan fingerprint density at radius 1 is 0.935 bits per heavy atom. The summed E-state index contributed by atoms with van der Waals surface area (Å²) in [5.41, 5.74) is 1.83. The van der Waals surface area contributed by atoms with E-state index in [0.29, 0.717) is 24.7 Å². The molecule has 1 atom stereocenters. The van der Waals surface area contributed by atoms with Crippen molar-refractivity contribution in [3.05, 3.63) is 29.8 Å². The highest BCUT2D eigenvalue weighted by Gasteiger charge is 2.26. The normalized spacial score (nSPS) is 19.3. The van der Waals surface area contributed by atoms with Crippen molar-refractivity contribution in [3.63, 3.8) is 0 Å². The van der Waals surface area contributed by atoms with E-state index in [1.807, 2.05) is 36.1 Å². The van der Waals surface area contributed by atoms with Gasteiger partial charge in [-0.25, -0.2) is 0 Å². The van der Waals surface area contributed by atoms with Crippen molar-refractivity contribution in [3.8, 4) is 0 Å². The van der Waals surface area contributed by atoms with Crippen LogP contribution < -0.4 is 10.2 Å². The van der Waals surface area contributed by atoms with Crippen molar-refractivity contribution in [2.75, 3.05) is 70.3 Å². The summed E-state index contributed by atoms with van der Waals surface area (Å²) in [6.07, 6.45) is 2.44. The smallest absolute Gasteiger partial charge is 0.251 e. The molecule has 2 heterocycles. The minimum absolute atomic E-state index is 0.0296. The Bertz CT molecular complexity index is 707. The zero-order valence-corrected chi connectivity index (χ0v) is 19.5. The van der Waals surface area contributed by atoms with Crippen molar-refractivity contribution in [2.24, 2.45) is 0 Å². The van der Waals surface area contributed by atoms with Gasteiger partial charge in [0.1, 0.15) is 0 Å². The molecule has 0 saturated carbocycles. The van der Waals surface area contributed by atoms with Gasteiger partial charge in [-0.15, -0.1) is 0 Å². The van der Waals surface area contributed by atoms with Crippen LogP contribution >= 0.6 is 0 Å². The third-order valence-electron chi connectivity index (χ3n) is 6.56. The van der Waals surface area contributed by atoms with Gasteiger partial charge in [0.05, 0.1) is 6.54 Å². The molecular formula is C24H39N5O2. The molecule has 1 N–H and O–H groups in total. The summed E-state index contributed by atoms with van der Waals surface area (Å²) in [6.45, 7) is 14.9. The van der Waals surface area contributed by atoms with Crippen LogP contribution in [-0.2, 0) is 4.79 Å². The first-order valence-corrected chi connectivity index (χ1v) is 11.9. The average molecular weight is 430 g/mol. The van der Waals surface area contributed by atoms with Crippen LogP contribution in [0, 0.1) is 0 Å². The largest absolute Gasteiger partial charge is 0.369 e. The minimum atomic E-state index is -0.0296. The molecule has 2 aliphatic heterocycles. The Labute approximate surface area is 187 Å². The molecular weight excluding hydrogens is 390 g/mol. The van der Waals surface area contributed by atoms with Crippen molar-refractivity contribution < 1.29 is 9.59 Å². The number of rotatable bonds is 8. The predicted molar refractivity (Wildman–Crippen MR) is 126 cm³/mol. The number of piperazine rings is 2. The zero-order valence-electron chi connectivity index (χ0n) is 19.5. The Kier molecular flexibility index (Phi) is 8.72. The second-order valence-electron chi connectivity index (χ2n) is 8.72. The Balaban J connectivity index is 1.41. The van der Waals surface area contributed by atoms with Crippen molar-refractivity contribution in [1.29, 1.82) is 0 Å². The third-order valence-corrected chi connectivity index (χ3v) is 6.56. The number of hydrogen-bond donors (Lipinski definition) is 1. The van der Waals surface area contributed by atoms with Gasteiger partial charge in [0, 0.05) is 76.2 Å². The third kappa shape index (κ3) is 6.43. The topological polar surface area (TPSA) is 59.1 Å². The molecule has 7 nitrogen and oxygen atoms in total. The van der Waals surface area contributed by atoms with E-state index in [4.69, 9.17) is 0 Å². The fourth-order valence-electron chi connectivity index (χ4n) is 4.55. The molecule has 172 valence electrons. The van der Waals surface area contributed by atoms with Crippen LogP contribution in [0.25, 0.3) is 0 Å². The van der Waals surface area contributed by atoms with E-state index < -0.39 is 0 Å². The highest BCUT2D eigenvalue weighted by molar-refractivity contribution is 5.94. The number of carbonyl (C=O) groups excluding carboxylic acids is 2. The first kappa shape index (κ1) is 23.5. The van der Waals surface area contributed by atoms with E-state index >= 15 is 0 Å². The van der Waals surface area contributed by atoms with E-state index in [2.05, 4.69) is 33.9 Å². The van der Waals surface area contributed by atoms with Gasteiger partial charge in [0.25, 0.3) is 5.91 Å². The SMILES string of the molecule is CCCC(C)N1CCN(C(=O)CN2CCN(c3ccc(C(=O)NCC)cc3)CC2)CC1. The van der Waals surface area contributed by atoms with Crippen LogP contribution in [0.5, 0.6) is 0 Å². The summed E-state index contributed by atoms with van der Waals surface area (Å²) in [5.74, 6) is 0.237. The van der Waals surface area contributed by atoms with Crippen molar-refractivity contribution >= 4 is 17.5 Å². The molecule has 31 heavy (non-hydrogen) atoms. The van der Waals surface area contributed by atoms with E-state index in [9.17, 15) is 9.59 Å². The van der Waals surface area contributed by atoms with Crippen LogP contribution in [0.3, 0.4) is 0 Å². The lowest BCUT2D eigenvalue weighted by Crippen LogP contribution is -2.55. The summed E-state index contributed by atoms with van der Waals surface area (Å²) in [6, 6.07) is 8.42. The van der Waals surface area contributed by atoms with E-state index in [0.717, 1.165) is 58.0 Å². The molecule has 1 unspecified atom stereocenters. The van der Waals surface area contributed by atoms with Gasteiger partial charge < -0.3 is 15.1 Å². The first-order valence-electron chi connectivity index (χ1n) is 11.9. The van der Waals surface area contributed by atoms with Crippen LogP contribution in [0.1, 0.15) is 44.0 Å². The molecule has 2 saturated heterocycles. The molecule has 0 bridgehead atoms. The number of carbonyl (C=O) groups is 2. The molecule has 0 aliphatic carbocycles. The number of anilines is 1. The second kappa shape index (κ2) is 11.5. The lowest BCUT2D eigenvalue weighted by atomic mass is 10.1. The summed E-state index contributed by atoms with van der Waals surface area (Å²) >= 11 is 0. The summed E-state index contributed by atoms with van der Waals surface area (Å²) in [5, 5.41) is 2.83. The minimum Gasteiger partial charge on any atom is -0.369 e. The molecule has 1 aromatic rings. The fraction of sp³-hybridized carbons (Fsp3) is 0.667. The number of amides is 2. The maximum absolute atomic E-state index is 12.8. The van der Waals surface area contributed by atoms with Gasteiger partial charge in [-0.2, -0.15) is 0 Å². The van der Waals surface area contributed by atoms with Crippen molar-refractivity contribution in [1.82, 2.24) is 20.0 Å². The molecule has 0 aromatic heterocycles. The molecule has 2 fully saturated rings. The second-order valence-corrected chi connectivity index (χ2v) is 8.72. The van der Waals surface area contributed by atoms with E-state index in [1.54, 1.807) is 0 Å². The van der Waals surface area contributed by atoms with Crippen LogP contribution in [0.2, 0.25) is 0 Å². The van der Waals surface area contributed by atoms with Gasteiger partial charge in [0.15, 0.2) is 0 Å². The molecule has 2 amide bonds. The molecule has 0 radical (unpaired) electrons. The standard InChI is InChI=1S/C24H39N5O2/c1-4-6-20(3)27-15-17-29(18-16-27)23(30)19-26-11-13-28(14-12-26)22-9-7-21(8-10-22)24(31)25-5-2/h7-10,20H,4-6,11-19H2,1-3H3,(H,25,31). The highest BCUT2D eigenvalue weighted by Crippen LogP contribution is 2.18. The molecule has 7 heteroatoms. The Morgan fingerprint density at radius 3 is 2.16 bits per heavy atom. The van der Waals surface area contributed by atoms with Gasteiger partial charge in [-0.05, 0) is 44.5 Å². The molecule has 1 aromatic carbocycles. The fourth-order valence-corrected chi connectivity index (χ4v) is 4.55. The van der Waals surface area contributed by atoms with Crippen molar-refractivity contribution in [2.45, 2.75) is 39.7 Å². The average Bonchev–Trinajstić information content (AvgIpc) is 2.80. The first-order chi connectivity index (χ1) is 15.0. The zero-order chi connectivity index (χ0) is 22.2. The van der Waals surface area contributed by atoms with Gasteiger partial charge in [-0.3, -0.25) is 19.4 Å². The number of nitrogens with one attached hydrogen (secondary N) is 1. The quantitative estimate of drug-likeness (QED) is 0.684. The highest BCUT2D eigenvalue weighted by atomic mass is 16.2. The van der Waals surface area contributed by atoms with E-state index in [-0.39, 0.29) is 11.8 Å². The molecule has 0 spiro atoms. The monoisotopic (exact) mass is 429 g/mol. The maximum Gasteiger partial charge on any atom is 0.251 e. The molecule has 2 aliphatic rings. The van der Waals surface area contributed by atoms with Gasteiger partial charge in [0.2, 0.25) is 5.91 Å². The van der Waals surface area contributed by atoms with E-state index in [1.165, 1.54) is 12.8 Å². The summed E-state index contributed by atoms with van der Waals surface area (Å²) in [7, 11) is 0. The van der Waals surface area contributed by atoms with Crippen LogP contribution in [-0.4, -0.2) is 98.0 Å². The lowest BCUT2D eigenvalue weighted by molar-refractivity contribution is -0.134. The maximum atomic E-state index is 12.8. The van der Waals surface area contributed by atoms with Crippen LogP contribution in [0.15, 0.2) is 24.3 Å². The van der Waals surface area contributed by atoms with Gasteiger partial charge >= 0.3 is 0 Å². The molecule has 3 rings (SSSR count). The number of hydrogen-bond acceptors (Lipinski definition) is 5. The summed E-state index contributed by atoms with van der Waals surface area (Å²) in [4.78, 5) is 33.9. The summed E-state index contributed by atoms with van der Waals surface area (Å²) < 4.78 is 0. The van der Waals surface area contributed by atoms with Gasteiger partial charge in [-0.1, -0.05) is 13.3 Å². The Hall–Kier alpha value is -2.12. The Morgan fingerprint density at radius 2 is 1.58 bits per heavy atom. The predicted octanol–water partition coefficient (Wildman–Crippen LogP) is 1.89. The van der Waals surface area contributed by atoms with Crippen LogP contribution in [0.4, 0.5) is 5.69 Å².